The number of nitrogens with zero attached hydrogens (tertiary/aromatic N) is 1. The summed E-state index contributed by atoms with van der Waals surface area (Å²) in [4.78, 5) is 15.9. The highest BCUT2D eigenvalue weighted by molar-refractivity contribution is 7.21. The maximum Gasteiger partial charge on any atom is 0.261 e. The molecule has 1 saturated heterocycles. The van der Waals surface area contributed by atoms with E-state index >= 15 is 0 Å². The van der Waals surface area contributed by atoms with Crippen molar-refractivity contribution >= 4 is 27.3 Å². The first-order chi connectivity index (χ1) is 15.6. The summed E-state index contributed by atoms with van der Waals surface area (Å²) in [5.74, 6) is 0.869. The van der Waals surface area contributed by atoms with E-state index in [9.17, 15) is 9.18 Å². The van der Waals surface area contributed by atoms with Gasteiger partial charge in [0.25, 0.3) is 5.91 Å². The molecule has 0 atom stereocenters. The number of piperidine rings is 1. The van der Waals surface area contributed by atoms with E-state index in [1.807, 2.05) is 18.2 Å². The SMILES string of the molecule is COCc1c(C(=O)NCC2CCN(Cc3ccc(OC)cc3)CC2)sc2cccc(F)c12. The van der Waals surface area contributed by atoms with Crippen molar-refractivity contribution in [3.8, 4) is 5.75 Å². The number of carbonyl (C=O) groups excluding carboxylic acids is 1. The number of carbonyl (C=O) groups is 1. The number of rotatable bonds is 8. The number of nitrogens with one attached hydrogen (secondary N) is 1. The molecule has 32 heavy (non-hydrogen) atoms. The van der Waals surface area contributed by atoms with Gasteiger partial charge >= 0.3 is 0 Å². The van der Waals surface area contributed by atoms with E-state index in [2.05, 4.69) is 22.3 Å². The van der Waals surface area contributed by atoms with E-state index in [0.717, 1.165) is 42.9 Å². The van der Waals surface area contributed by atoms with Crippen LogP contribution in [0.15, 0.2) is 42.5 Å². The molecule has 1 aliphatic rings. The molecule has 0 aliphatic carbocycles. The minimum absolute atomic E-state index is 0.140. The summed E-state index contributed by atoms with van der Waals surface area (Å²) in [6.07, 6.45) is 2.09. The largest absolute Gasteiger partial charge is 0.497 e. The normalized spacial score (nSPS) is 15.2. The lowest BCUT2D eigenvalue weighted by Gasteiger charge is -2.32. The molecule has 0 bridgehead atoms. The van der Waals surface area contributed by atoms with Crippen molar-refractivity contribution in [2.75, 3.05) is 33.9 Å². The number of benzene rings is 2. The molecular formula is C25H29FN2O3S. The Morgan fingerprint density at radius 2 is 1.91 bits per heavy atom. The number of methoxy groups -OCH3 is 2. The van der Waals surface area contributed by atoms with Gasteiger partial charge in [0.15, 0.2) is 0 Å². The van der Waals surface area contributed by atoms with Gasteiger partial charge in [-0.15, -0.1) is 11.3 Å². The van der Waals surface area contributed by atoms with Crippen LogP contribution in [0.3, 0.4) is 0 Å². The van der Waals surface area contributed by atoms with Gasteiger partial charge in [-0.25, -0.2) is 4.39 Å². The van der Waals surface area contributed by atoms with Gasteiger partial charge in [-0.2, -0.15) is 0 Å². The standard InChI is InChI=1S/C25H29FN2O3S/c1-30-16-20-23-21(26)4-3-5-22(23)32-24(20)25(29)27-14-17-10-12-28(13-11-17)15-18-6-8-19(31-2)9-7-18/h3-9,17H,10-16H2,1-2H3,(H,27,29). The third-order valence-corrected chi connectivity index (χ3v) is 7.28. The van der Waals surface area contributed by atoms with Crippen LogP contribution < -0.4 is 10.1 Å². The van der Waals surface area contributed by atoms with Crippen LogP contribution in [-0.2, 0) is 17.9 Å². The van der Waals surface area contributed by atoms with E-state index in [-0.39, 0.29) is 18.3 Å². The number of hydrogen-bond donors (Lipinski definition) is 1. The Morgan fingerprint density at radius 1 is 1.16 bits per heavy atom. The minimum Gasteiger partial charge on any atom is -0.497 e. The van der Waals surface area contributed by atoms with Gasteiger partial charge in [0.1, 0.15) is 11.6 Å². The lowest BCUT2D eigenvalue weighted by molar-refractivity contribution is 0.0935. The van der Waals surface area contributed by atoms with Crippen molar-refractivity contribution in [3.05, 3.63) is 64.3 Å². The molecule has 0 radical (unpaired) electrons. The smallest absolute Gasteiger partial charge is 0.261 e. The fourth-order valence-corrected chi connectivity index (χ4v) is 5.43. The summed E-state index contributed by atoms with van der Waals surface area (Å²) in [6.45, 7) is 3.80. The highest BCUT2D eigenvalue weighted by atomic mass is 32.1. The molecule has 7 heteroatoms. The monoisotopic (exact) mass is 456 g/mol. The van der Waals surface area contributed by atoms with E-state index < -0.39 is 0 Å². The Kier molecular flexibility index (Phi) is 7.40. The molecule has 1 fully saturated rings. The summed E-state index contributed by atoms with van der Waals surface area (Å²) < 4.78 is 25.6. The van der Waals surface area contributed by atoms with Crippen molar-refractivity contribution < 1.29 is 18.7 Å². The van der Waals surface area contributed by atoms with Crippen molar-refractivity contribution in [2.45, 2.75) is 26.0 Å². The number of halogens is 1. The quantitative estimate of drug-likeness (QED) is 0.527. The maximum absolute atomic E-state index is 14.4. The first kappa shape index (κ1) is 22.7. The van der Waals surface area contributed by atoms with Gasteiger partial charge < -0.3 is 14.8 Å². The van der Waals surface area contributed by atoms with Crippen LogP contribution in [0, 0.1) is 11.7 Å². The first-order valence-corrected chi connectivity index (χ1v) is 11.7. The van der Waals surface area contributed by atoms with Crippen LogP contribution in [0.1, 0.15) is 33.6 Å². The number of likely N-dealkylation sites (tertiary alicyclic amines) is 1. The van der Waals surface area contributed by atoms with Crippen molar-refractivity contribution in [3.63, 3.8) is 0 Å². The van der Waals surface area contributed by atoms with Gasteiger partial charge in [-0.3, -0.25) is 9.69 Å². The highest BCUT2D eigenvalue weighted by Crippen LogP contribution is 2.34. The molecule has 2 heterocycles. The topological polar surface area (TPSA) is 50.8 Å². The fraction of sp³-hybridized carbons (Fsp3) is 0.400. The van der Waals surface area contributed by atoms with Crippen LogP contribution in [0.2, 0.25) is 0 Å². The van der Waals surface area contributed by atoms with E-state index in [0.29, 0.717) is 28.3 Å². The molecule has 1 aliphatic heterocycles. The molecule has 2 aromatic carbocycles. The molecule has 0 spiro atoms. The molecule has 1 aromatic heterocycles. The second kappa shape index (κ2) is 10.4. The number of thiophene rings is 1. The van der Waals surface area contributed by atoms with Gasteiger partial charge in [-0.1, -0.05) is 18.2 Å². The molecular weight excluding hydrogens is 427 g/mol. The molecule has 1 N–H and O–H groups in total. The van der Waals surface area contributed by atoms with Gasteiger partial charge in [-0.05, 0) is 61.7 Å². The number of hydrogen-bond acceptors (Lipinski definition) is 5. The van der Waals surface area contributed by atoms with Crippen LogP contribution in [-0.4, -0.2) is 44.7 Å². The summed E-state index contributed by atoms with van der Waals surface area (Å²) in [5.41, 5.74) is 1.91. The van der Waals surface area contributed by atoms with E-state index in [1.54, 1.807) is 20.3 Å². The second-order valence-electron chi connectivity index (χ2n) is 8.23. The van der Waals surface area contributed by atoms with Crippen molar-refractivity contribution in [1.82, 2.24) is 10.2 Å². The molecule has 3 aromatic rings. The summed E-state index contributed by atoms with van der Waals surface area (Å²) in [5, 5.41) is 3.58. The van der Waals surface area contributed by atoms with Crippen LogP contribution >= 0.6 is 11.3 Å². The average Bonchev–Trinajstić information content (AvgIpc) is 3.19. The van der Waals surface area contributed by atoms with Crippen molar-refractivity contribution in [2.24, 2.45) is 5.92 Å². The lowest BCUT2D eigenvalue weighted by atomic mass is 9.96. The summed E-state index contributed by atoms with van der Waals surface area (Å²) in [7, 11) is 3.24. The Bertz CT molecular complexity index is 1060. The van der Waals surface area contributed by atoms with Gasteiger partial charge in [0, 0.05) is 35.8 Å². The van der Waals surface area contributed by atoms with Gasteiger partial charge in [0.05, 0.1) is 18.6 Å². The van der Waals surface area contributed by atoms with E-state index in [1.165, 1.54) is 23.0 Å². The van der Waals surface area contributed by atoms with Crippen LogP contribution in [0.5, 0.6) is 5.75 Å². The molecule has 0 saturated carbocycles. The predicted octanol–water partition coefficient (Wildman–Crippen LogP) is 4.84. The predicted molar refractivity (Wildman–Crippen MR) is 126 cm³/mol. The van der Waals surface area contributed by atoms with Crippen molar-refractivity contribution in [1.29, 1.82) is 0 Å². The van der Waals surface area contributed by atoms with Crippen LogP contribution in [0.4, 0.5) is 4.39 Å². The Labute approximate surface area is 192 Å². The minimum atomic E-state index is -0.311. The first-order valence-electron chi connectivity index (χ1n) is 10.9. The Morgan fingerprint density at radius 3 is 2.59 bits per heavy atom. The zero-order valence-electron chi connectivity index (χ0n) is 18.5. The molecule has 4 rings (SSSR count). The maximum atomic E-state index is 14.4. The molecule has 5 nitrogen and oxygen atoms in total. The zero-order valence-corrected chi connectivity index (χ0v) is 19.3. The number of amides is 1. The van der Waals surface area contributed by atoms with Crippen LogP contribution in [0.25, 0.3) is 10.1 Å². The molecule has 170 valence electrons. The third-order valence-electron chi connectivity index (χ3n) is 6.08. The zero-order chi connectivity index (χ0) is 22.5. The third kappa shape index (κ3) is 5.11. The molecule has 1 amide bonds. The van der Waals surface area contributed by atoms with Gasteiger partial charge in [0.2, 0.25) is 0 Å². The second-order valence-corrected chi connectivity index (χ2v) is 9.29. The Balaban J connectivity index is 1.31. The highest BCUT2D eigenvalue weighted by Gasteiger charge is 2.23. The Hall–Kier alpha value is -2.48. The van der Waals surface area contributed by atoms with E-state index in [4.69, 9.17) is 9.47 Å². The summed E-state index contributed by atoms with van der Waals surface area (Å²) in [6, 6.07) is 13.1. The fourth-order valence-electron chi connectivity index (χ4n) is 4.29. The number of ether oxygens (including phenoxy) is 2. The summed E-state index contributed by atoms with van der Waals surface area (Å²) >= 11 is 1.33. The number of fused-ring (bicyclic) bond motifs is 1. The molecule has 0 unspecified atom stereocenters. The average molecular weight is 457 g/mol. The lowest BCUT2D eigenvalue weighted by Crippen LogP contribution is -2.38.